The van der Waals surface area contributed by atoms with Gasteiger partial charge in [-0.3, -0.25) is 9.59 Å². The highest BCUT2D eigenvalue weighted by Gasteiger charge is 2.42. The first-order valence-corrected chi connectivity index (χ1v) is 4.98. The minimum Gasteiger partial charge on any atom is -0.468 e. The van der Waals surface area contributed by atoms with Gasteiger partial charge in [-0.2, -0.15) is 0 Å². The Kier molecular flexibility index (Phi) is 3.45. The highest BCUT2D eigenvalue weighted by molar-refractivity contribution is 5.95. The van der Waals surface area contributed by atoms with E-state index in [1.165, 1.54) is 7.11 Å². The molecular formula is C12H16O3. The van der Waals surface area contributed by atoms with E-state index >= 15 is 0 Å². The second kappa shape index (κ2) is 4.43. The number of rotatable bonds is 3. The Morgan fingerprint density at radius 2 is 2.40 bits per heavy atom. The first-order chi connectivity index (χ1) is 7.06. The molecule has 1 aliphatic rings. The third kappa shape index (κ3) is 2.01. The summed E-state index contributed by atoms with van der Waals surface area (Å²) in [6, 6.07) is 0. The lowest BCUT2D eigenvalue weighted by atomic mass is 9.70. The Morgan fingerprint density at radius 3 is 2.87 bits per heavy atom. The summed E-state index contributed by atoms with van der Waals surface area (Å²) in [6.45, 7) is 5.45. The highest BCUT2D eigenvalue weighted by Crippen LogP contribution is 2.40. The number of ether oxygens (including phenoxy) is 1. The van der Waals surface area contributed by atoms with E-state index in [1.54, 1.807) is 19.1 Å². The molecule has 0 radical (unpaired) electrons. The number of hydrogen-bond donors (Lipinski definition) is 0. The Labute approximate surface area is 89.8 Å². The largest absolute Gasteiger partial charge is 0.468 e. The number of esters is 1. The molecule has 0 bridgehead atoms. The first kappa shape index (κ1) is 11.7. The fourth-order valence-electron chi connectivity index (χ4n) is 2.04. The summed E-state index contributed by atoms with van der Waals surface area (Å²) >= 11 is 0. The number of hydrogen-bond acceptors (Lipinski definition) is 3. The Bertz CT molecular complexity index is 328. The number of carbonyl (C=O) groups is 2. The molecule has 0 N–H and O–H groups in total. The van der Waals surface area contributed by atoms with E-state index in [0.29, 0.717) is 19.3 Å². The smallest absolute Gasteiger partial charge is 0.316 e. The average molecular weight is 208 g/mol. The van der Waals surface area contributed by atoms with Gasteiger partial charge in [0.1, 0.15) is 0 Å². The summed E-state index contributed by atoms with van der Waals surface area (Å²) in [4.78, 5) is 23.0. The lowest BCUT2D eigenvalue weighted by molar-refractivity contribution is -0.151. The molecule has 82 valence electrons. The predicted molar refractivity (Wildman–Crippen MR) is 57.3 cm³/mol. The van der Waals surface area contributed by atoms with Gasteiger partial charge in [-0.25, -0.2) is 0 Å². The molecule has 0 aromatic heterocycles. The first-order valence-electron chi connectivity index (χ1n) is 4.98. The van der Waals surface area contributed by atoms with Gasteiger partial charge in [0, 0.05) is 6.42 Å². The Balaban J connectivity index is 3.11. The van der Waals surface area contributed by atoms with Crippen LogP contribution < -0.4 is 0 Å². The van der Waals surface area contributed by atoms with E-state index in [-0.39, 0.29) is 11.8 Å². The Morgan fingerprint density at radius 1 is 1.73 bits per heavy atom. The number of allylic oxidation sites excluding steroid dienone is 2. The van der Waals surface area contributed by atoms with Crippen LogP contribution in [0.1, 0.15) is 26.2 Å². The van der Waals surface area contributed by atoms with Gasteiger partial charge in [-0.15, -0.1) is 6.58 Å². The quantitative estimate of drug-likeness (QED) is 0.526. The van der Waals surface area contributed by atoms with Crippen LogP contribution in [0.2, 0.25) is 0 Å². The summed E-state index contributed by atoms with van der Waals surface area (Å²) in [7, 11) is 1.37. The van der Waals surface area contributed by atoms with Crippen molar-refractivity contribution in [3.05, 3.63) is 24.3 Å². The predicted octanol–water partition coefficient (Wildman–Crippen LogP) is 2.03. The zero-order valence-corrected chi connectivity index (χ0v) is 9.21. The number of ketones is 1. The fraction of sp³-hybridized carbons (Fsp3) is 0.500. The van der Waals surface area contributed by atoms with Crippen LogP contribution in [0.4, 0.5) is 0 Å². The van der Waals surface area contributed by atoms with Crippen molar-refractivity contribution in [1.82, 2.24) is 0 Å². The molecule has 3 nitrogen and oxygen atoms in total. The summed E-state index contributed by atoms with van der Waals surface area (Å²) < 4.78 is 4.81. The average Bonchev–Trinajstić information content (AvgIpc) is 2.21. The van der Waals surface area contributed by atoms with Crippen LogP contribution in [0, 0.1) is 5.41 Å². The van der Waals surface area contributed by atoms with Crippen LogP contribution in [-0.2, 0) is 14.3 Å². The number of methoxy groups -OCH3 is 1. The number of carbonyl (C=O) groups excluding carboxylic acids is 2. The molecule has 1 aliphatic carbocycles. The fourth-order valence-corrected chi connectivity index (χ4v) is 2.04. The van der Waals surface area contributed by atoms with E-state index in [1.807, 2.05) is 0 Å². The molecular weight excluding hydrogens is 192 g/mol. The standard InChI is InChI=1S/C12H16O3/c1-4-6-12(11(14)15-3)7-5-10(13)8-9(12)2/h4,8H,1,5-7H2,2-3H3/t12-/m1/s1. The van der Waals surface area contributed by atoms with Crippen LogP contribution in [0.5, 0.6) is 0 Å². The molecule has 0 saturated heterocycles. The molecule has 0 amide bonds. The van der Waals surface area contributed by atoms with Gasteiger partial charge in [0.05, 0.1) is 12.5 Å². The minimum absolute atomic E-state index is 0.0797. The molecule has 1 rings (SSSR count). The van der Waals surface area contributed by atoms with Crippen molar-refractivity contribution in [3.63, 3.8) is 0 Å². The van der Waals surface area contributed by atoms with Crippen molar-refractivity contribution < 1.29 is 14.3 Å². The van der Waals surface area contributed by atoms with E-state index in [9.17, 15) is 9.59 Å². The van der Waals surface area contributed by atoms with Crippen molar-refractivity contribution in [3.8, 4) is 0 Å². The van der Waals surface area contributed by atoms with Gasteiger partial charge >= 0.3 is 5.97 Å². The Hall–Kier alpha value is -1.38. The minimum atomic E-state index is -0.662. The third-order valence-electron chi connectivity index (χ3n) is 3.00. The molecule has 0 fully saturated rings. The maximum atomic E-state index is 11.8. The van der Waals surface area contributed by atoms with E-state index in [4.69, 9.17) is 4.74 Å². The molecule has 0 aromatic rings. The third-order valence-corrected chi connectivity index (χ3v) is 3.00. The molecule has 0 unspecified atom stereocenters. The highest BCUT2D eigenvalue weighted by atomic mass is 16.5. The summed E-state index contributed by atoms with van der Waals surface area (Å²) in [6.07, 6.45) is 4.69. The van der Waals surface area contributed by atoms with E-state index < -0.39 is 5.41 Å². The second-order valence-electron chi connectivity index (χ2n) is 3.86. The molecule has 3 heteroatoms. The summed E-state index contributed by atoms with van der Waals surface area (Å²) in [5, 5.41) is 0. The lowest BCUT2D eigenvalue weighted by Crippen LogP contribution is -2.36. The van der Waals surface area contributed by atoms with Crippen LogP contribution in [0.25, 0.3) is 0 Å². The van der Waals surface area contributed by atoms with Crippen LogP contribution in [0.15, 0.2) is 24.3 Å². The van der Waals surface area contributed by atoms with Crippen LogP contribution >= 0.6 is 0 Å². The molecule has 0 heterocycles. The van der Waals surface area contributed by atoms with Gasteiger partial charge in [0.15, 0.2) is 5.78 Å². The van der Waals surface area contributed by atoms with Gasteiger partial charge in [0.2, 0.25) is 0 Å². The molecule has 0 aromatic carbocycles. The van der Waals surface area contributed by atoms with Crippen molar-refractivity contribution in [2.45, 2.75) is 26.2 Å². The van der Waals surface area contributed by atoms with Gasteiger partial charge in [-0.05, 0) is 25.8 Å². The van der Waals surface area contributed by atoms with Crippen molar-refractivity contribution in [1.29, 1.82) is 0 Å². The normalized spacial score (nSPS) is 25.7. The maximum absolute atomic E-state index is 11.8. The zero-order valence-electron chi connectivity index (χ0n) is 9.21. The SMILES string of the molecule is C=CC[C@@]1(C(=O)OC)CCC(=O)C=C1C. The summed E-state index contributed by atoms with van der Waals surface area (Å²) in [5.74, 6) is -0.195. The molecule has 15 heavy (non-hydrogen) atoms. The van der Waals surface area contributed by atoms with Crippen molar-refractivity contribution in [2.75, 3.05) is 7.11 Å². The lowest BCUT2D eigenvalue weighted by Gasteiger charge is -2.33. The van der Waals surface area contributed by atoms with Gasteiger partial charge in [0.25, 0.3) is 0 Å². The van der Waals surface area contributed by atoms with Crippen LogP contribution in [0.3, 0.4) is 0 Å². The van der Waals surface area contributed by atoms with E-state index in [0.717, 1.165) is 5.57 Å². The molecule has 1 atom stereocenters. The summed E-state index contributed by atoms with van der Waals surface area (Å²) in [5.41, 5.74) is 0.121. The molecule has 0 spiro atoms. The van der Waals surface area contributed by atoms with Gasteiger partial charge in [-0.1, -0.05) is 11.6 Å². The topological polar surface area (TPSA) is 43.4 Å². The van der Waals surface area contributed by atoms with Crippen molar-refractivity contribution >= 4 is 11.8 Å². The molecule has 0 aliphatic heterocycles. The second-order valence-corrected chi connectivity index (χ2v) is 3.86. The monoisotopic (exact) mass is 208 g/mol. The van der Waals surface area contributed by atoms with Gasteiger partial charge < -0.3 is 4.74 Å². The van der Waals surface area contributed by atoms with Crippen LogP contribution in [-0.4, -0.2) is 18.9 Å². The maximum Gasteiger partial charge on any atom is 0.316 e. The van der Waals surface area contributed by atoms with Crippen molar-refractivity contribution in [2.24, 2.45) is 5.41 Å². The van der Waals surface area contributed by atoms with E-state index in [2.05, 4.69) is 6.58 Å². The zero-order chi connectivity index (χ0) is 11.5. The molecule has 0 saturated carbocycles.